The van der Waals surface area contributed by atoms with Crippen LogP contribution in [0.5, 0.6) is 0 Å². The maximum atomic E-state index is 12.6. The van der Waals surface area contributed by atoms with E-state index in [0.717, 1.165) is 39.4 Å². The molecule has 1 aliphatic heterocycles. The van der Waals surface area contributed by atoms with Gasteiger partial charge in [-0.05, 0) is 44.4 Å². The van der Waals surface area contributed by atoms with Crippen LogP contribution in [0, 0.1) is 0 Å². The number of benzene rings is 1. The quantitative estimate of drug-likeness (QED) is 0.775. The molecule has 2 rings (SSSR count). The Morgan fingerprint density at radius 3 is 2.40 bits per heavy atom. The summed E-state index contributed by atoms with van der Waals surface area (Å²) in [7, 11) is 1.03. The molecule has 0 aliphatic carbocycles. The number of esters is 1. The molecule has 0 N–H and O–H groups in total. The molecule has 0 saturated carbocycles. The van der Waals surface area contributed by atoms with Crippen molar-refractivity contribution in [3.05, 3.63) is 23.8 Å². The van der Waals surface area contributed by atoms with E-state index in [4.69, 9.17) is 4.74 Å². The molecule has 138 valence electrons. The molecule has 1 heterocycles. The topological polar surface area (TPSA) is 49.9 Å². The van der Waals surface area contributed by atoms with E-state index in [2.05, 4.69) is 0 Å². The zero-order valence-electron chi connectivity index (χ0n) is 14.2. The van der Waals surface area contributed by atoms with E-state index in [0.29, 0.717) is 10.6 Å². The van der Waals surface area contributed by atoms with Crippen LogP contribution in [0.1, 0.15) is 36.5 Å². The van der Waals surface area contributed by atoms with Gasteiger partial charge in [-0.2, -0.15) is 13.2 Å². The van der Waals surface area contributed by atoms with Crippen molar-refractivity contribution >= 4 is 23.3 Å². The minimum Gasteiger partial charge on any atom is -0.462 e. The van der Waals surface area contributed by atoms with Gasteiger partial charge < -0.3 is 14.5 Å². The smallest absolute Gasteiger partial charge is 0.462 e. The molecule has 0 unspecified atom stereocenters. The number of alkyl halides is 3. The molecule has 1 aliphatic rings. The molecular formula is C17H21F3N2O3. The summed E-state index contributed by atoms with van der Waals surface area (Å²) in [6.07, 6.45) is -1.91. The van der Waals surface area contributed by atoms with Crippen LogP contribution in [0.2, 0.25) is 0 Å². The van der Waals surface area contributed by atoms with E-state index in [1.54, 1.807) is 13.0 Å². The minimum atomic E-state index is -4.98. The predicted octanol–water partition coefficient (Wildman–Crippen LogP) is 3.38. The van der Waals surface area contributed by atoms with Gasteiger partial charge in [0.2, 0.25) is 0 Å². The van der Waals surface area contributed by atoms with Crippen LogP contribution in [-0.2, 0) is 9.53 Å². The third kappa shape index (κ3) is 4.43. The van der Waals surface area contributed by atoms with Crippen LogP contribution in [-0.4, -0.2) is 44.8 Å². The van der Waals surface area contributed by atoms with Crippen LogP contribution in [0.3, 0.4) is 0 Å². The van der Waals surface area contributed by atoms with Gasteiger partial charge in [-0.25, -0.2) is 4.79 Å². The first-order valence-electron chi connectivity index (χ1n) is 8.16. The lowest BCUT2D eigenvalue weighted by Gasteiger charge is -2.31. The highest BCUT2D eigenvalue weighted by atomic mass is 19.4. The molecular weight excluding hydrogens is 337 g/mol. The zero-order valence-corrected chi connectivity index (χ0v) is 14.2. The van der Waals surface area contributed by atoms with E-state index in [9.17, 15) is 22.8 Å². The lowest BCUT2D eigenvalue weighted by atomic mass is 10.1. The Labute approximate surface area is 144 Å². The van der Waals surface area contributed by atoms with Gasteiger partial charge in [0, 0.05) is 25.8 Å². The van der Waals surface area contributed by atoms with Crippen LogP contribution < -0.4 is 9.80 Å². The number of piperidine rings is 1. The van der Waals surface area contributed by atoms with E-state index in [-0.39, 0.29) is 17.9 Å². The first-order valence-corrected chi connectivity index (χ1v) is 8.16. The Balaban J connectivity index is 2.39. The molecule has 0 spiro atoms. The number of carbonyl (C=O) groups excluding carboxylic acids is 2. The Kier molecular flexibility index (Phi) is 5.92. The summed E-state index contributed by atoms with van der Waals surface area (Å²) in [4.78, 5) is 26.2. The molecule has 0 bridgehead atoms. The molecule has 0 radical (unpaired) electrons. The number of carbonyl (C=O) groups is 2. The maximum absolute atomic E-state index is 12.6. The number of ether oxygens (including phenoxy) is 1. The van der Waals surface area contributed by atoms with Crippen molar-refractivity contribution in [2.75, 3.05) is 36.5 Å². The van der Waals surface area contributed by atoms with Gasteiger partial charge in [0.15, 0.2) is 0 Å². The first-order chi connectivity index (χ1) is 11.8. The molecule has 1 aromatic carbocycles. The van der Waals surface area contributed by atoms with Crippen LogP contribution in [0.15, 0.2) is 18.2 Å². The van der Waals surface area contributed by atoms with Gasteiger partial charge in [-0.3, -0.25) is 4.79 Å². The van der Waals surface area contributed by atoms with Crippen LogP contribution in [0.25, 0.3) is 0 Å². The third-order valence-corrected chi connectivity index (χ3v) is 4.11. The summed E-state index contributed by atoms with van der Waals surface area (Å²) in [5, 5.41) is 0. The van der Waals surface area contributed by atoms with Crippen molar-refractivity contribution in [1.82, 2.24) is 0 Å². The molecule has 0 atom stereocenters. The fourth-order valence-corrected chi connectivity index (χ4v) is 2.82. The summed E-state index contributed by atoms with van der Waals surface area (Å²) in [5.74, 6) is -2.61. The minimum absolute atomic E-state index is 0.00821. The monoisotopic (exact) mass is 358 g/mol. The van der Waals surface area contributed by atoms with Crippen LogP contribution in [0.4, 0.5) is 24.5 Å². The average molecular weight is 358 g/mol. The maximum Gasteiger partial charge on any atom is 0.471 e. The molecule has 25 heavy (non-hydrogen) atoms. The Bertz CT molecular complexity index is 641. The van der Waals surface area contributed by atoms with Gasteiger partial charge >= 0.3 is 18.1 Å². The number of rotatable bonds is 4. The highest BCUT2D eigenvalue weighted by Crippen LogP contribution is 2.30. The molecule has 1 fully saturated rings. The van der Waals surface area contributed by atoms with E-state index < -0.39 is 18.1 Å². The second-order valence-electron chi connectivity index (χ2n) is 5.83. The standard InChI is InChI=1S/C17H21F3N2O3/c1-3-25-15(23)13-11-12(21(2)16(24)17(18,19)20)7-8-14(13)22-9-5-4-6-10-22/h7-8,11H,3-6,9-10H2,1-2H3. The number of halogens is 3. The lowest BCUT2D eigenvalue weighted by molar-refractivity contribution is -0.170. The molecule has 0 aromatic heterocycles. The molecule has 1 amide bonds. The summed E-state index contributed by atoms with van der Waals surface area (Å²) < 4.78 is 43.0. The lowest BCUT2D eigenvalue weighted by Crippen LogP contribution is -2.38. The number of nitrogens with zero attached hydrogens (tertiary/aromatic N) is 2. The van der Waals surface area contributed by atoms with Crippen molar-refractivity contribution in [1.29, 1.82) is 0 Å². The molecule has 1 saturated heterocycles. The first kappa shape index (κ1) is 19.1. The molecule has 8 heteroatoms. The average Bonchev–Trinajstić information content (AvgIpc) is 2.60. The Morgan fingerprint density at radius 1 is 1.20 bits per heavy atom. The summed E-state index contributed by atoms with van der Waals surface area (Å²) in [6, 6.07) is 4.27. The Morgan fingerprint density at radius 2 is 1.84 bits per heavy atom. The molecule has 1 aromatic rings. The van der Waals surface area contributed by atoms with Crippen molar-refractivity contribution in [3.8, 4) is 0 Å². The number of hydrogen-bond acceptors (Lipinski definition) is 4. The Hall–Kier alpha value is -2.25. The van der Waals surface area contributed by atoms with Gasteiger partial charge in [-0.1, -0.05) is 0 Å². The van der Waals surface area contributed by atoms with Crippen molar-refractivity contribution in [2.45, 2.75) is 32.4 Å². The van der Waals surface area contributed by atoms with Crippen molar-refractivity contribution in [2.24, 2.45) is 0 Å². The second kappa shape index (κ2) is 7.76. The fourth-order valence-electron chi connectivity index (χ4n) is 2.82. The van der Waals surface area contributed by atoms with Gasteiger partial charge in [0.1, 0.15) is 0 Å². The summed E-state index contributed by atoms with van der Waals surface area (Å²) in [6.45, 7) is 3.34. The van der Waals surface area contributed by atoms with Crippen molar-refractivity contribution in [3.63, 3.8) is 0 Å². The van der Waals surface area contributed by atoms with Gasteiger partial charge in [0.25, 0.3) is 0 Å². The number of anilines is 2. The number of amides is 1. The van der Waals surface area contributed by atoms with Crippen LogP contribution >= 0.6 is 0 Å². The predicted molar refractivity (Wildman–Crippen MR) is 87.9 cm³/mol. The fraction of sp³-hybridized carbons (Fsp3) is 0.529. The summed E-state index contributed by atoms with van der Waals surface area (Å²) in [5.41, 5.74) is 0.781. The summed E-state index contributed by atoms with van der Waals surface area (Å²) >= 11 is 0. The van der Waals surface area contributed by atoms with Gasteiger partial charge in [-0.15, -0.1) is 0 Å². The highest BCUT2D eigenvalue weighted by Gasteiger charge is 2.42. The SMILES string of the molecule is CCOC(=O)c1cc(N(C)C(=O)C(F)(F)F)ccc1N1CCCCC1. The third-order valence-electron chi connectivity index (χ3n) is 4.11. The second-order valence-corrected chi connectivity index (χ2v) is 5.83. The largest absolute Gasteiger partial charge is 0.471 e. The van der Waals surface area contributed by atoms with Gasteiger partial charge in [0.05, 0.1) is 17.9 Å². The molecule has 5 nitrogen and oxygen atoms in total. The zero-order chi connectivity index (χ0) is 18.6. The van der Waals surface area contributed by atoms with E-state index >= 15 is 0 Å². The number of hydrogen-bond donors (Lipinski definition) is 0. The van der Waals surface area contributed by atoms with E-state index in [1.807, 2.05) is 4.90 Å². The van der Waals surface area contributed by atoms with Crippen molar-refractivity contribution < 1.29 is 27.5 Å². The van der Waals surface area contributed by atoms with E-state index in [1.165, 1.54) is 12.1 Å². The highest BCUT2D eigenvalue weighted by molar-refractivity contribution is 6.01. The normalized spacial score (nSPS) is 15.0.